The molecule has 1 amide bonds. The molecular formula is C15H27NO3. The third-order valence-corrected chi connectivity index (χ3v) is 3.58. The molecule has 0 saturated carbocycles. The summed E-state index contributed by atoms with van der Waals surface area (Å²) in [5.41, 5.74) is 0. The number of esters is 1. The maximum Gasteiger partial charge on any atom is 0.328 e. The fourth-order valence-corrected chi connectivity index (χ4v) is 2.40. The van der Waals surface area contributed by atoms with Gasteiger partial charge in [0.25, 0.3) is 0 Å². The van der Waals surface area contributed by atoms with Crippen molar-refractivity contribution in [2.45, 2.75) is 71.3 Å². The van der Waals surface area contributed by atoms with Gasteiger partial charge >= 0.3 is 5.97 Å². The fraction of sp³-hybridized carbons (Fsp3) is 0.867. The Kier molecular flexibility index (Phi) is 7.53. The topological polar surface area (TPSA) is 46.6 Å². The maximum absolute atomic E-state index is 12.0. The summed E-state index contributed by atoms with van der Waals surface area (Å²) in [4.78, 5) is 25.7. The Labute approximate surface area is 116 Å². The number of carbonyl (C=O) groups is 2. The third kappa shape index (κ3) is 5.21. The highest BCUT2D eigenvalue weighted by Crippen LogP contribution is 2.20. The van der Waals surface area contributed by atoms with Crippen molar-refractivity contribution in [1.82, 2.24) is 4.90 Å². The molecule has 0 radical (unpaired) electrons. The number of amides is 1. The molecule has 1 aliphatic heterocycles. The van der Waals surface area contributed by atoms with E-state index in [2.05, 4.69) is 13.8 Å². The highest BCUT2D eigenvalue weighted by atomic mass is 16.5. The number of carbonyl (C=O) groups excluding carboxylic acids is 2. The number of rotatable bonds is 8. The SMILES string of the molecule is CCCCCOC(=O)C1CCCN1C(=O)CCCC. The van der Waals surface area contributed by atoms with E-state index in [0.717, 1.165) is 44.9 Å². The average molecular weight is 269 g/mol. The Morgan fingerprint density at radius 2 is 1.89 bits per heavy atom. The highest BCUT2D eigenvalue weighted by molar-refractivity contribution is 5.85. The minimum atomic E-state index is -0.328. The van der Waals surface area contributed by atoms with E-state index in [0.29, 0.717) is 19.6 Å². The Morgan fingerprint density at radius 1 is 1.16 bits per heavy atom. The van der Waals surface area contributed by atoms with Gasteiger partial charge < -0.3 is 9.64 Å². The summed E-state index contributed by atoms with van der Waals surface area (Å²) in [6.07, 6.45) is 7.23. The monoisotopic (exact) mass is 269 g/mol. The summed E-state index contributed by atoms with van der Waals surface area (Å²) in [6, 6.07) is -0.328. The molecular weight excluding hydrogens is 242 g/mol. The van der Waals surface area contributed by atoms with E-state index in [4.69, 9.17) is 4.74 Å². The molecule has 0 aliphatic carbocycles. The third-order valence-electron chi connectivity index (χ3n) is 3.58. The van der Waals surface area contributed by atoms with Gasteiger partial charge in [-0.05, 0) is 25.7 Å². The van der Waals surface area contributed by atoms with Crippen LogP contribution in [0.1, 0.15) is 65.2 Å². The molecule has 1 unspecified atom stereocenters. The first-order valence-corrected chi connectivity index (χ1v) is 7.66. The van der Waals surface area contributed by atoms with Crippen molar-refractivity contribution in [3.05, 3.63) is 0 Å². The van der Waals surface area contributed by atoms with Crippen LogP contribution in [0.5, 0.6) is 0 Å². The molecule has 0 spiro atoms. The van der Waals surface area contributed by atoms with Gasteiger partial charge in [-0.25, -0.2) is 4.79 Å². The molecule has 1 saturated heterocycles. The van der Waals surface area contributed by atoms with Crippen molar-refractivity contribution < 1.29 is 14.3 Å². The summed E-state index contributed by atoms with van der Waals surface area (Å²) < 4.78 is 5.28. The van der Waals surface area contributed by atoms with Gasteiger partial charge in [-0.3, -0.25) is 4.79 Å². The first kappa shape index (κ1) is 16.0. The van der Waals surface area contributed by atoms with Crippen LogP contribution in [0.2, 0.25) is 0 Å². The zero-order valence-electron chi connectivity index (χ0n) is 12.3. The summed E-state index contributed by atoms with van der Waals surface area (Å²) >= 11 is 0. The van der Waals surface area contributed by atoms with Crippen LogP contribution in [0, 0.1) is 0 Å². The van der Waals surface area contributed by atoms with Gasteiger partial charge in [0.05, 0.1) is 6.61 Å². The lowest BCUT2D eigenvalue weighted by molar-refractivity contribution is -0.153. The maximum atomic E-state index is 12.0. The number of unbranched alkanes of at least 4 members (excludes halogenated alkanes) is 3. The minimum absolute atomic E-state index is 0.106. The van der Waals surface area contributed by atoms with Crippen LogP contribution in [-0.2, 0) is 14.3 Å². The Balaban J connectivity index is 2.37. The predicted octanol–water partition coefficient (Wildman–Crippen LogP) is 2.90. The van der Waals surface area contributed by atoms with E-state index in [9.17, 15) is 9.59 Å². The normalized spacial score (nSPS) is 18.6. The number of likely N-dealkylation sites (tertiary alicyclic amines) is 1. The summed E-state index contributed by atoms with van der Waals surface area (Å²) in [6.45, 7) is 5.38. The number of hydrogen-bond acceptors (Lipinski definition) is 3. The molecule has 0 aromatic carbocycles. The molecule has 4 heteroatoms. The van der Waals surface area contributed by atoms with Crippen molar-refractivity contribution in [3.8, 4) is 0 Å². The van der Waals surface area contributed by atoms with Crippen LogP contribution in [0.3, 0.4) is 0 Å². The van der Waals surface area contributed by atoms with Gasteiger partial charge in [-0.15, -0.1) is 0 Å². The molecule has 1 atom stereocenters. The second kappa shape index (κ2) is 8.94. The second-order valence-electron chi connectivity index (χ2n) is 5.22. The van der Waals surface area contributed by atoms with Crippen LogP contribution < -0.4 is 0 Å². The standard InChI is InChI=1S/C15H27NO3/c1-3-5-7-12-19-15(18)13-9-8-11-16(13)14(17)10-6-4-2/h13H,3-12H2,1-2H3. The van der Waals surface area contributed by atoms with Crippen LogP contribution in [-0.4, -0.2) is 36.0 Å². The van der Waals surface area contributed by atoms with E-state index in [1.54, 1.807) is 4.90 Å². The van der Waals surface area contributed by atoms with Crippen LogP contribution >= 0.6 is 0 Å². The molecule has 1 heterocycles. The molecule has 0 N–H and O–H groups in total. The average Bonchev–Trinajstić information content (AvgIpc) is 2.90. The molecule has 1 aliphatic rings. The molecule has 1 fully saturated rings. The van der Waals surface area contributed by atoms with E-state index in [1.807, 2.05) is 0 Å². The number of hydrogen-bond donors (Lipinski definition) is 0. The Bertz CT molecular complexity index is 291. The lowest BCUT2D eigenvalue weighted by Gasteiger charge is -2.23. The fourth-order valence-electron chi connectivity index (χ4n) is 2.40. The van der Waals surface area contributed by atoms with Gasteiger partial charge in [0.2, 0.25) is 5.91 Å². The summed E-state index contributed by atoms with van der Waals surface area (Å²) in [5.74, 6) is -0.103. The number of ether oxygens (including phenoxy) is 1. The van der Waals surface area contributed by atoms with Gasteiger partial charge in [-0.1, -0.05) is 33.1 Å². The summed E-state index contributed by atoms with van der Waals surface area (Å²) in [5, 5.41) is 0. The molecule has 4 nitrogen and oxygen atoms in total. The first-order valence-electron chi connectivity index (χ1n) is 7.66. The van der Waals surface area contributed by atoms with Crippen LogP contribution in [0.15, 0.2) is 0 Å². The van der Waals surface area contributed by atoms with E-state index in [1.165, 1.54) is 0 Å². The van der Waals surface area contributed by atoms with Crippen molar-refractivity contribution in [1.29, 1.82) is 0 Å². The Hall–Kier alpha value is -1.06. The molecule has 0 aromatic heterocycles. The molecule has 0 aromatic rings. The van der Waals surface area contributed by atoms with Crippen molar-refractivity contribution in [3.63, 3.8) is 0 Å². The van der Waals surface area contributed by atoms with Crippen molar-refractivity contribution in [2.75, 3.05) is 13.2 Å². The predicted molar refractivity (Wildman–Crippen MR) is 74.7 cm³/mol. The number of nitrogens with zero attached hydrogens (tertiary/aromatic N) is 1. The minimum Gasteiger partial charge on any atom is -0.464 e. The lowest BCUT2D eigenvalue weighted by atomic mass is 10.2. The van der Waals surface area contributed by atoms with Gasteiger partial charge in [0.1, 0.15) is 6.04 Å². The van der Waals surface area contributed by atoms with Gasteiger partial charge in [-0.2, -0.15) is 0 Å². The van der Waals surface area contributed by atoms with E-state index in [-0.39, 0.29) is 17.9 Å². The van der Waals surface area contributed by atoms with Gasteiger partial charge in [0, 0.05) is 13.0 Å². The molecule has 0 bridgehead atoms. The van der Waals surface area contributed by atoms with E-state index < -0.39 is 0 Å². The zero-order chi connectivity index (χ0) is 14.1. The molecule has 110 valence electrons. The van der Waals surface area contributed by atoms with Crippen molar-refractivity contribution >= 4 is 11.9 Å². The van der Waals surface area contributed by atoms with E-state index >= 15 is 0 Å². The van der Waals surface area contributed by atoms with Crippen molar-refractivity contribution in [2.24, 2.45) is 0 Å². The van der Waals surface area contributed by atoms with Gasteiger partial charge in [0.15, 0.2) is 0 Å². The lowest BCUT2D eigenvalue weighted by Crippen LogP contribution is -2.41. The first-order chi connectivity index (χ1) is 9.20. The van der Waals surface area contributed by atoms with Crippen LogP contribution in [0.4, 0.5) is 0 Å². The molecule has 19 heavy (non-hydrogen) atoms. The zero-order valence-corrected chi connectivity index (χ0v) is 12.3. The quantitative estimate of drug-likeness (QED) is 0.503. The smallest absolute Gasteiger partial charge is 0.328 e. The molecule has 1 rings (SSSR count). The highest BCUT2D eigenvalue weighted by Gasteiger charge is 2.34. The Morgan fingerprint density at radius 3 is 2.58 bits per heavy atom. The largest absolute Gasteiger partial charge is 0.464 e. The van der Waals surface area contributed by atoms with Crippen LogP contribution in [0.25, 0.3) is 0 Å². The second-order valence-corrected chi connectivity index (χ2v) is 5.22. The summed E-state index contributed by atoms with van der Waals surface area (Å²) in [7, 11) is 0.